The fraction of sp³-hybridized carbons (Fsp3) is 0.438. The molecule has 0 spiro atoms. The SMILES string of the molecule is CCN(CC)C(O)(O)C(O)(O)c1c[nH]c2cccc(OC(=O)CCCC(=O)Oc3cccc4[nH]cc([P+](O)(O)C(O)(O)N(CC)CC)c34)c12. The quantitative estimate of drug-likeness (QED) is 0.0336. The number of rotatable bonds is 16. The minimum atomic E-state index is -4.68. The number of carbonyl (C=O) groups is 2. The predicted octanol–water partition coefficient (Wildman–Crippen LogP) is 0.843. The Morgan fingerprint density at radius 2 is 1.18 bits per heavy atom. The Bertz CT molecular complexity index is 1650. The molecule has 0 saturated heterocycles. The summed E-state index contributed by atoms with van der Waals surface area (Å²) in [5.74, 6) is -8.02. The lowest BCUT2D eigenvalue weighted by Gasteiger charge is -2.41. The summed E-state index contributed by atoms with van der Waals surface area (Å²) >= 11 is 0. The molecule has 0 aliphatic rings. The number of hydrogen-bond acceptors (Lipinski definition) is 14. The van der Waals surface area contributed by atoms with Gasteiger partial charge in [0.05, 0.1) is 22.5 Å². The van der Waals surface area contributed by atoms with Crippen LogP contribution in [-0.4, -0.2) is 110 Å². The van der Waals surface area contributed by atoms with E-state index in [1.54, 1.807) is 52.0 Å². The molecule has 10 N–H and O–H groups in total. The van der Waals surface area contributed by atoms with Gasteiger partial charge in [0, 0.05) is 56.3 Å². The molecule has 0 radical (unpaired) electrons. The highest BCUT2D eigenvalue weighted by atomic mass is 31.2. The van der Waals surface area contributed by atoms with Gasteiger partial charge in [0.1, 0.15) is 11.5 Å². The Balaban J connectivity index is 1.47. The van der Waals surface area contributed by atoms with Crippen molar-refractivity contribution in [1.82, 2.24) is 19.8 Å². The minimum absolute atomic E-state index is 0.0257. The van der Waals surface area contributed by atoms with Crippen molar-refractivity contribution >= 4 is 46.8 Å². The minimum Gasteiger partial charge on any atom is -0.426 e. The van der Waals surface area contributed by atoms with Crippen LogP contribution in [0, 0.1) is 0 Å². The standard InChI is InChI=1S/C32H44N4O12P/c1-5-35(6-2)31(41,42)30(39,40)20-18-33-21-12-9-14-23(28(20)21)47-26(37)16-11-17-27(38)48-24-15-10-13-22-29(24)25(19-34-22)49(45,46)32(43,44)36(7-3)8-4/h9-10,12-15,18-19,33-34,39-46H,5-8,11,16-17H2,1-4H3/q+1. The maximum atomic E-state index is 12.9. The zero-order valence-electron chi connectivity index (χ0n) is 27.6. The van der Waals surface area contributed by atoms with E-state index in [1.165, 1.54) is 24.5 Å². The van der Waals surface area contributed by atoms with E-state index in [9.17, 15) is 50.0 Å². The number of benzene rings is 2. The Kier molecular flexibility index (Phi) is 11.5. The molecule has 49 heavy (non-hydrogen) atoms. The molecule has 0 bridgehead atoms. The number of hydrogen-bond donors (Lipinski definition) is 10. The highest BCUT2D eigenvalue weighted by Gasteiger charge is 2.64. The number of ether oxygens (including phenoxy) is 2. The summed E-state index contributed by atoms with van der Waals surface area (Å²) in [7, 11) is -4.68. The zero-order valence-corrected chi connectivity index (χ0v) is 28.5. The van der Waals surface area contributed by atoms with E-state index >= 15 is 0 Å². The van der Waals surface area contributed by atoms with E-state index in [2.05, 4.69) is 9.97 Å². The molecule has 0 fully saturated rings. The normalized spacial score (nSPS) is 13.2. The van der Waals surface area contributed by atoms with Crippen molar-refractivity contribution in [2.45, 2.75) is 64.3 Å². The van der Waals surface area contributed by atoms with E-state index in [-0.39, 0.29) is 78.6 Å². The Hall–Kier alpha value is -3.51. The molecule has 2 heterocycles. The van der Waals surface area contributed by atoms with Gasteiger partial charge in [-0.3, -0.25) is 9.59 Å². The van der Waals surface area contributed by atoms with E-state index < -0.39 is 37.0 Å². The maximum Gasteiger partial charge on any atom is 0.405 e. The third kappa shape index (κ3) is 7.08. The Morgan fingerprint density at radius 3 is 1.69 bits per heavy atom. The molecule has 0 aliphatic heterocycles. The second kappa shape index (κ2) is 14.8. The molecule has 0 atom stereocenters. The van der Waals surface area contributed by atoms with Crippen LogP contribution in [0.2, 0.25) is 0 Å². The van der Waals surface area contributed by atoms with Crippen LogP contribution < -0.4 is 14.8 Å². The van der Waals surface area contributed by atoms with Crippen molar-refractivity contribution in [3.05, 3.63) is 54.4 Å². The number of aromatic nitrogens is 2. The van der Waals surface area contributed by atoms with E-state index in [0.717, 1.165) is 9.80 Å². The van der Waals surface area contributed by atoms with Gasteiger partial charge in [0.2, 0.25) is 0 Å². The number of esters is 2. The van der Waals surface area contributed by atoms with Crippen LogP contribution in [0.15, 0.2) is 48.8 Å². The summed E-state index contributed by atoms with van der Waals surface area (Å²) in [5, 5.41) is 64.8. The first-order valence-corrected chi connectivity index (χ1v) is 17.5. The van der Waals surface area contributed by atoms with Crippen molar-refractivity contribution in [2.24, 2.45) is 0 Å². The topological polar surface area (TPSA) is 252 Å². The average Bonchev–Trinajstić information content (AvgIpc) is 3.69. The van der Waals surface area contributed by atoms with Crippen molar-refractivity contribution in [3.8, 4) is 11.5 Å². The van der Waals surface area contributed by atoms with Crippen molar-refractivity contribution < 1.29 is 59.5 Å². The molecule has 0 saturated carbocycles. The lowest BCUT2D eigenvalue weighted by molar-refractivity contribution is -0.419. The second-order valence-corrected chi connectivity index (χ2v) is 13.7. The van der Waals surface area contributed by atoms with Crippen molar-refractivity contribution in [2.75, 3.05) is 26.2 Å². The number of H-pyrrole nitrogens is 2. The predicted molar refractivity (Wildman–Crippen MR) is 179 cm³/mol. The third-order valence-electron chi connectivity index (χ3n) is 8.51. The number of nitrogens with zero attached hydrogens (tertiary/aromatic N) is 2. The zero-order chi connectivity index (χ0) is 36.4. The number of likely N-dealkylation sites (N-methyl/N-ethyl adjacent to an activating group) is 1. The van der Waals surface area contributed by atoms with Gasteiger partial charge in [-0.1, -0.05) is 39.8 Å². The number of nitrogens with one attached hydrogen (secondary N) is 2. The highest BCUT2D eigenvalue weighted by Crippen LogP contribution is 2.61. The number of carbonyl (C=O) groups excluding carboxylic acids is 2. The summed E-state index contributed by atoms with van der Waals surface area (Å²) < 4.78 is 11.0. The first kappa shape index (κ1) is 38.3. The molecule has 0 aliphatic carbocycles. The van der Waals surface area contributed by atoms with Crippen LogP contribution in [0.1, 0.15) is 52.5 Å². The van der Waals surface area contributed by atoms with E-state index in [0.29, 0.717) is 11.0 Å². The van der Waals surface area contributed by atoms with Crippen LogP contribution in [0.4, 0.5) is 0 Å². The number of aromatic amines is 2. The van der Waals surface area contributed by atoms with Crippen LogP contribution >= 0.6 is 7.72 Å². The molecule has 268 valence electrons. The summed E-state index contributed by atoms with van der Waals surface area (Å²) in [5.41, 5.74) is -2.68. The molecular weight excluding hydrogens is 663 g/mol. The molecule has 0 unspecified atom stereocenters. The first-order chi connectivity index (χ1) is 23.0. The van der Waals surface area contributed by atoms with Gasteiger partial charge in [-0.05, 0) is 30.7 Å². The van der Waals surface area contributed by atoms with Crippen molar-refractivity contribution in [3.63, 3.8) is 0 Å². The van der Waals surface area contributed by atoms with Crippen molar-refractivity contribution in [1.29, 1.82) is 0 Å². The molecule has 17 heteroatoms. The summed E-state index contributed by atoms with van der Waals surface area (Å²) in [6.45, 7) is 6.83. The highest BCUT2D eigenvalue weighted by molar-refractivity contribution is 7.73. The molecule has 4 rings (SSSR count). The Morgan fingerprint density at radius 1 is 0.714 bits per heavy atom. The van der Waals surface area contributed by atoms with E-state index in [1.807, 2.05) is 0 Å². The number of fused-ring (bicyclic) bond motifs is 2. The third-order valence-corrected chi connectivity index (χ3v) is 10.7. The van der Waals surface area contributed by atoms with Gasteiger partial charge in [-0.2, -0.15) is 0 Å². The smallest absolute Gasteiger partial charge is 0.405 e. The average molecular weight is 708 g/mol. The fourth-order valence-electron chi connectivity index (χ4n) is 5.77. The van der Waals surface area contributed by atoms with Crippen LogP contribution in [-0.2, 0) is 15.4 Å². The summed E-state index contributed by atoms with van der Waals surface area (Å²) in [6, 6.07) is 9.04. The van der Waals surface area contributed by atoms with Gasteiger partial charge in [0.15, 0.2) is 5.30 Å². The van der Waals surface area contributed by atoms with Gasteiger partial charge in [0.25, 0.3) is 11.7 Å². The molecule has 0 amide bonds. The molecule has 16 nitrogen and oxygen atoms in total. The van der Waals surface area contributed by atoms with Crippen LogP contribution in [0.3, 0.4) is 0 Å². The lowest BCUT2D eigenvalue weighted by atomic mass is 9.99. The molecular formula is C32H44N4O12P+. The largest absolute Gasteiger partial charge is 0.426 e. The van der Waals surface area contributed by atoms with Crippen LogP contribution in [0.25, 0.3) is 21.8 Å². The molecule has 2 aromatic heterocycles. The van der Waals surface area contributed by atoms with E-state index in [4.69, 9.17) is 9.47 Å². The van der Waals surface area contributed by atoms with Gasteiger partial charge < -0.3 is 50.1 Å². The Labute approximate surface area is 282 Å². The summed E-state index contributed by atoms with van der Waals surface area (Å²) in [6.07, 6.45) is 1.84. The monoisotopic (exact) mass is 707 g/mol. The second-order valence-electron chi connectivity index (χ2n) is 11.4. The maximum absolute atomic E-state index is 12.9. The summed E-state index contributed by atoms with van der Waals surface area (Å²) in [4.78, 5) is 55.6. The fourth-order valence-corrected chi connectivity index (χ4v) is 7.56. The lowest BCUT2D eigenvalue weighted by Crippen LogP contribution is -2.62. The number of aliphatic hydroxyl groups is 6. The first-order valence-electron chi connectivity index (χ1n) is 15.8. The van der Waals surface area contributed by atoms with Gasteiger partial charge in [-0.25, -0.2) is 19.6 Å². The molecule has 2 aromatic carbocycles. The molecule has 4 aromatic rings. The van der Waals surface area contributed by atoms with Gasteiger partial charge >= 0.3 is 25.3 Å². The van der Waals surface area contributed by atoms with Gasteiger partial charge in [-0.15, -0.1) is 0 Å². The van der Waals surface area contributed by atoms with Crippen LogP contribution in [0.5, 0.6) is 11.5 Å².